The standard InChI is InChI=1S/C13H24N2O3/c1-13(2,3)18-12(16)15-7-8-4-5-17-11(8)9-6-10(9)14/h8-11H,4-7,14H2,1-3H3,(H,15,16)/t8-,9+,10+,11?/m0/s1. The van der Waals surface area contributed by atoms with Crippen LogP contribution in [-0.2, 0) is 9.47 Å². The van der Waals surface area contributed by atoms with Crippen LogP contribution in [-0.4, -0.2) is 37.0 Å². The van der Waals surface area contributed by atoms with Gasteiger partial charge in [0.05, 0.1) is 6.10 Å². The molecule has 2 rings (SSSR count). The van der Waals surface area contributed by atoms with Crippen molar-refractivity contribution >= 4 is 6.09 Å². The van der Waals surface area contributed by atoms with Crippen LogP contribution in [0.5, 0.6) is 0 Å². The molecule has 5 heteroatoms. The lowest BCUT2D eigenvalue weighted by Crippen LogP contribution is -2.38. The third-order valence-electron chi connectivity index (χ3n) is 3.48. The SMILES string of the molecule is CC(C)(C)OC(=O)NC[C@@H]1CCOC1[C@@H]1C[C@H]1N. The molecule has 5 nitrogen and oxygen atoms in total. The Morgan fingerprint density at radius 3 is 2.72 bits per heavy atom. The minimum atomic E-state index is -0.450. The number of hydrogen-bond acceptors (Lipinski definition) is 4. The molecular weight excluding hydrogens is 232 g/mol. The number of ether oxygens (including phenoxy) is 2. The molecule has 0 aromatic rings. The number of rotatable bonds is 3. The van der Waals surface area contributed by atoms with Crippen molar-refractivity contribution in [1.82, 2.24) is 5.32 Å². The Balaban J connectivity index is 1.74. The Hall–Kier alpha value is -0.810. The molecule has 1 amide bonds. The van der Waals surface area contributed by atoms with E-state index in [-0.39, 0.29) is 18.2 Å². The van der Waals surface area contributed by atoms with E-state index in [1.165, 1.54) is 0 Å². The maximum Gasteiger partial charge on any atom is 0.407 e. The zero-order valence-corrected chi connectivity index (χ0v) is 11.4. The average Bonchev–Trinajstić information content (AvgIpc) is 2.76. The molecule has 2 aliphatic rings. The molecular formula is C13H24N2O3. The number of carbonyl (C=O) groups is 1. The van der Waals surface area contributed by atoms with Crippen molar-refractivity contribution in [2.45, 2.75) is 51.4 Å². The Morgan fingerprint density at radius 1 is 1.50 bits per heavy atom. The smallest absolute Gasteiger partial charge is 0.407 e. The van der Waals surface area contributed by atoms with Crippen LogP contribution < -0.4 is 11.1 Å². The van der Waals surface area contributed by atoms with Gasteiger partial charge in [-0.15, -0.1) is 0 Å². The highest BCUT2D eigenvalue weighted by molar-refractivity contribution is 5.67. The number of alkyl carbamates (subject to hydrolysis) is 1. The maximum absolute atomic E-state index is 11.6. The average molecular weight is 256 g/mol. The van der Waals surface area contributed by atoms with Crippen LogP contribution in [0.3, 0.4) is 0 Å². The summed E-state index contributed by atoms with van der Waals surface area (Å²) in [4.78, 5) is 11.6. The summed E-state index contributed by atoms with van der Waals surface area (Å²) in [5.41, 5.74) is 5.41. The van der Waals surface area contributed by atoms with E-state index in [0.717, 1.165) is 19.4 Å². The molecule has 0 aromatic carbocycles. The van der Waals surface area contributed by atoms with Gasteiger partial charge in [-0.3, -0.25) is 0 Å². The summed E-state index contributed by atoms with van der Waals surface area (Å²) in [6.07, 6.45) is 1.90. The molecule has 0 bridgehead atoms. The minimum absolute atomic E-state index is 0.218. The second kappa shape index (κ2) is 5.05. The van der Waals surface area contributed by atoms with Crippen molar-refractivity contribution in [3.63, 3.8) is 0 Å². The largest absolute Gasteiger partial charge is 0.444 e. The highest BCUT2D eigenvalue weighted by Gasteiger charge is 2.46. The molecule has 1 aliphatic heterocycles. The quantitative estimate of drug-likeness (QED) is 0.797. The summed E-state index contributed by atoms with van der Waals surface area (Å²) in [5.74, 6) is 0.856. The zero-order valence-electron chi connectivity index (χ0n) is 11.4. The molecule has 1 saturated heterocycles. The third kappa shape index (κ3) is 3.59. The highest BCUT2D eigenvalue weighted by Crippen LogP contribution is 2.40. The van der Waals surface area contributed by atoms with Gasteiger partial charge in [0.1, 0.15) is 5.60 Å². The summed E-state index contributed by atoms with van der Waals surface area (Å²) in [7, 11) is 0. The van der Waals surface area contributed by atoms with Gasteiger partial charge in [-0.1, -0.05) is 0 Å². The summed E-state index contributed by atoms with van der Waals surface area (Å²) < 4.78 is 10.9. The van der Waals surface area contributed by atoms with Crippen molar-refractivity contribution in [3.8, 4) is 0 Å². The van der Waals surface area contributed by atoms with E-state index in [0.29, 0.717) is 18.4 Å². The second-order valence-electron chi connectivity index (χ2n) is 6.33. The summed E-state index contributed by atoms with van der Waals surface area (Å²) in [5, 5.41) is 2.83. The van der Waals surface area contributed by atoms with Crippen molar-refractivity contribution in [3.05, 3.63) is 0 Å². The first-order chi connectivity index (χ1) is 8.37. The first-order valence-electron chi connectivity index (χ1n) is 6.71. The van der Waals surface area contributed by atoms with E-state index in [4.69, 9.17) is 15.2 Å². The zero-order chi connectivity index (χ0) is 13.3. The Bertz CT molecular complexity index is 314. The van der Waals surface area contributed by atoms with E-state index in [2.05, 4.69) is 5.32 Å². The molecule has 4 atom stereocenters. The minimum Gasteiger partial charge on any atom is -0.444 e. The summed E-state index contributed by atoms with van der Waals surface area (Å²) in [6.45, 7) is 6.96. The van der Waals surface area contributed by atoms with Crippen LogP contribution in [0.1, 0.15) is 33.6 Å². The Morgan fingerprint density at radius 2 is 2.17 bits per heavy atom. The van der Waals surface area contributed by atoms with E-state index < -0.39 is 5.60 Å². The van der Waals surface area contributed by atoms with Crippen molar-refractivity contribution < 1.29 is 14.3 Å². The van der Waals surface area contributed by atoms with Crippen molar-refractivity contribution in [2.75, 3.05) is 13.2 Å². The third-order valence-corrected chi connectivity index (χ3v) is 3.48. The van der Waals surface area contributed by atoms with Crippen LogP contribution in [0, 0.1) is 11.8 Å². The molecule has 0 radical (unpaired) electrons. The van der Waals surface area contributed by atoms with Crippen molar-refractivity contribution in [1.29, 1.82) is 0 Å². The van der Waals surface area contributed by atoms with E-state index in [1.807, 2.05) is 20.8 Å². The first kappa shape index (κ1) is 13.6. The number of hydrogen-bond donors (Lipinski definition) is 2. The normalized spacial score (nSPS) is 35.3. The molecule has 18 heavy (non-hydrogen) atoms. The Kier molecular flexibility index (Phi) is 3.82. The number of amides is 1. The molecule has 0 aromatic heterocycles. The van der Waals surface area contributed by atoms with Gasteiger partial charge in [0.15, 0.2) is 0 Å². The predicted molar refractivity (Wildman–Crippen MR) is 68.2 cm³/mol. The van der Waals surface area contributed by atoms with Crippen LogP contribution in [0.2, 0.25) is 0 Å². The number of carbonyl (C=O) groups excluding carboxylic acids is 1. The first-order valence-corrected chi connectivity index (χ1v) is 6.71. The fraction of sp³-hybridized carbons (Fsp3) is 0.923. The van der Waals surface area contributed by atoms with Crippen LogP contribution in [0.4, 0.5) is 4.79 Å². The molecule has 104 valence electrons. The van der Waals surface area contributed by atoms with Gasteiger partial charge in [-0.2, -0.15) is 0 Å². The van der Waals surface area contributed by atoms with Gasteiger partial charge in [0.2, 0.25) is 0 Å². The van der Waals surface area contributed by atoms with Gasteiger partial charge >= 0.3 is 6.09 Å². The molecule has 1 unspecified atom stereocenters. The predicted octanol–water partition coefficient (Wildman–Crippen LogP) is 1.26. The van der Waals surface area contributed by atoms with Crippen LogP contribution >= 0.6 is 0 Å². The number of nitrogens with one attached hydrogen (secondary N) is 1. The fourth-order valence-electron chi connectivity index (χ4n) is 2.49. The molecule has 0 spiro atoms. The molecule has 1 heterocycles. The fourth-order valence-corrected chi connectivity index (χ4v) is 2.49. The van der Waals surface area contributed by atoms with E-state index >= 15 is 0 Å². The summed E-state index contributed by atoms with van der Waals surface area (Å²) in [6, 6.07) is 0.289. The molecule has 3 N–H and O–H groups in total. The molecule has 2 fully saturated rings. The van der Waals surface area contributed by atoms with Gasteiger partial charge in [0, 0.05) is 31.0 Å². The van der Waals surface area contributed by atoms with E-state index in [9.17, 15) is 4.79 Å². The second-order valence-corrected chi connectivity index (χ2v) is 6.33. The van der Waals surface area contributed by atoms with Gasteiger partial charge in [-0.25, -0.2) is 4.79 Å². The lowest BCUT2D eigenvalue weighted by Gasteiger charge is -2.22. The van der Waals surface area contributed by atoms with E-state index in [1.54, 1.807) is 0 Å². The number of nitrogens with two attached hydrogens (primary N) is 1. The highest BCUT2D eigenvalue weighted by atomic mass is 16.6. The van der Waals surface area contributed by atoms with Gasteiger partial charge < -0.3 is 20.5 Å². The lowest BCUT2D eigenvalue weighted by atomic mass is 9.98. The van der Waals surface area contributed by atoms with Crippen molar-refractivity contribution in [2.24, 2.45) is 17.6 Å². The van der Waals surface area contributed by atoms with Crippen LogP contribution in [0.15, 0.2) is 0 Å². The monoisotopic (exact) mass is 256 g/mol. The summed E-state index contributed by atoms with van der Waals surface area (Å²) >= 11 is 0. The van der Waals surface area contributed by atoms with Gasteiger partial charge in [0.25, 0.3) is 0 Å². The van der Waals surface area contributed by atoms with Gasteiger partial charge in [-0.05, 0) is 33.6 Å². The maximum atomic E-state index is 11.6. The van der Waals surface area contributed by atoms with Crippen LogP contribution in [0.25, 0.3) is 0 Å². The lowest BCUT2D eigenvalue weighted by molar-refractivity contribution is 0.0478. The molecule has 1 aliphatic carbocycles. The topological polar surface area (TPSA) is 73.6 Å². The molecule has 1 saturated carbocycles. The Labute approximate surface area is 108 Å².